The van der Waals surface area contributed by atoms with E-state index in [1.807, 2.05) is 0 Å². The van der Waals surface area contributed by atoms with Crippen molar-refractivity contribution in [2.45, 2.75) is 12.5 Å². The van der Waals surface area contributed by atoms with E-state index in [-0.39, 0.29) is 12.4 Å². The third-order valence-corrected chi connectivity index (χ3v) is 2.51. The highest BCUT2D eigenvalue weighted by molar-refractivity contribution is 5.31. The van der Waals surface area contributed by atoms with Gasteiger partial charge in [-0.1, -0.05) is 18.7 Å². The van der Waals surface area contributed by atoms with E-state index in [9.17, 15) is 9.50 Å². The van der Waals surface area contributed by atoms with Gasteiger partial charge >= 0.3 is 0 Å². The molecule has 1 rings (SSSR count). The van der Waals surface area contributed by atoms with Crippen LogP contribution in [0.15, 0.2) is 36.4 Å². The van der Waals surface area contributed by atoms with Gasteiger partial charge in [-0.3, -0.25) is 5.84 Å². The van der Waals surface area contributed by atoms with Gasteiger partial charge in [0.25, 0.3) is 0 Å². The molecule has 0 heterocycles. The van der Waals surface area contributed by atoms with Crippen LogP contribution < -0.4 is 5.84 Å². The summed E-state index contributed by atoms with van der Waals surface area (Å²) in [5.74, 6) is 5.20. The molecule has 1 aromatic carbocycles. The van der Waals surface area contributed by atoms with Crippen LogP contribution in [0, 0.1) is 5.82 Å². The Bertz CT molecular complexity index is 375. The number of hydrogen-bond acceptors (Lipinski definition) is 3. The normalized spacial score (nSPS) is 14.9. The van der Waals surface area contributed by atoms with Gasteiger partial charge in [0, 0.05) is 13.6 Å². The highest BCUT2D eigenvalue weighted by Gasteiger charge is 2.31. The molecule has 0 bridgehead atoms. The molecule has 0 spiro atoms. The van der Waals surface area contributed by atoms with Crippen molar-refractivity contribution in [1.29, 1.82) is 0 Å². The molecular formula is C12H17FN2O. The topological polar surface area (TPSA) is 49.5 Å². The number of benzene rings is 1. The van der Waals surface area contributed by atoms with Gasteiger partial charge in [-0.25, -0.2) is 9.40 Å². The van der Waals surface area contributed by atoms with Crippen LogP contribution in [0.3, 0.4) is 0 Å². The maximum Gasteiger partial charge on any atom is 0.124 e. The first-order valence-corrected chi connectivity index (χ1v) is 4.96. The van der Waals surface area contributed by atoms with E-state index >= 15 is 0 Å². The standard InChI is InChI=1S/C12H17FN2O/c1-9(2)12(16,8-15(3)14)10-4-6-11(13)7-5-10/h4-7,16H,1,8,14H2,2-3H3. The molecule has 0 saturated carbocycles. The molecular weight excluding hydrogens is 207 g/mol. The van der Waals surface area contributed by atoms with Crippen molar-refractivity contribution in [1.82, 2.24) is 5.01 Å². The maximum absolute atomic E-state index is 12.8. The summed E-state index contributed by atoms with van der Waals surface area (Å²) in [7, 11) is 1.65. The van der Waals surface area contributed by atoms with Gasteiger partial charge in [0.05, 0.1) is 0 Å². The summed E-state index contributed by atoms with van der Waals surface area (Å²) in [5, 5.41) is 11.9. The van der Waals surface area contributed by atoms with Crippen molar-refractivity contribution >= 4 is 0 Å². The summed E-state index contributed by atoms with van der Waals surface area (Å²) in [6, 6.07) is 5.68. The van der Waals surface area contributed by atoms with Gasteiger partial charge in [-0.15, -0.1) is 0 Å². The number of nitrogens with zero attached hydrogens (tertiary/aromatic N) is 1. The average molecular weight is 224 g/mol. The summed E-state index contributed by atoms with van der Waals surface area (Å²) in [5.41, 5.74) is -0.105. The number of rotatable bonds is 4. The second-order valence-corrected chi connectivity index (χ2v) is 4.06. The van der Waals surface area contributed by atoms with Crippen LogP contribution in [0.2, 0.25) is 0 Å². The van der Waals surface area contributed by atoms with Gasteiger partial charge in [-0.05, 0) is 30.2 Å². The largest absolute Gasteiger partial charge is 0.379 e. The fraction of sp³-hybridized carbons (Fsp3) is 0.333. The van der Waals surface area contributed by atoms with Crippen LogP contribution in [0.25, 0.3) is 0 Å². The zero-order valence-electron chi connectivity index (χ0n) is 9.57. The summed E-state index contributed by atoms with van der Waals surface area (Å²) in [6.45, 7) is 5.67. The third kappa shape index (κ3) is 2.66. The van der Waals surface area contributed by atoms with Crippen molar-refractivity contribution in [2.75, 3.05) is 13.6 Å². The fourth-order valence-corrected chi connectivity index (χ4v) is 1.56. The molecule has 1 aromatic rings. The van der Waals surface area contributed by atoms with Gasteiger partial charge in [0.1, 0.15) is 11.4 Å². The first kappa shape index (κ1) is 12.8. The minimum Gasteiger partial charge on any atom is -0.379 e. The molecule has 0 radical (unpaired) electrons. The lowest BCUT2D eigenvalue weighted by atomic mass is 9.87. The Morgan fingerprint density at radius 2 is 2.00 bits per heavy atom. The highest BCUT2D eigenvalue weighted by Crippen LogP contribution is 2.28. The van der Waals surface area contributed by atoms with Gasteiger partial charge in [0.15, 0.2) is 0 Å². The van der Waals surface area contributed by atoms with Crippen molar-refractivity contribution in [3.8, 4) is 0 Å². The van der Waals surface area contributed by atoms with E-state index in [2.05, 4.69) is 6.58 Å². The molecule has 0 aliphatic rings. The Kier molecular flexibility index (Phi) is 3.80. The number of likely N-dealkylation sites (N-methyl/N-ethyl adjacent to an activating group) is 1. The molecule has 0 fully saturated rings. The predicted octanol–water partition coefficient (Wildman–Crippen LogP) is 1.39. The van der Waals surface area contributed by atoms with Crippen molar-refractivity contribution in [3.05, 3.63) is 47.8 Å². The van der Waals surface area contributed by atoms with E-state index in [1.54, 1.807) is 14.0 Å². The first-order chi connectivity index (χ1) is 7.36. The average Bonchev–Trinajstić information content (AvgIpc) is 2.17. The molecule has 0 aromatic heterocycles. The van der Waals surface area contributed by atoms with E-state index in [4.69, 9.17) is 5.84 Å². The van der Waals surface area contributed by atoms with Crippen LogP contribution >= 0.6 is 0 Å². The Labute approximate surface area is 95.0 Å². The van der Waals surface area contributed by atoms with Gasteiger partial charge in [0.2, 0.25) is 0 Å². The van der Waals surface area contributed by atoms with E-state index < -0.39 is 5.60 Å². The van der Waals surface area contributed by atoms with Crippen molar-refractivity contribution < 1.29 is 9.50 Å². The smallest absolute Gasteiger partial charge is 0.124 e. The van der Waals surface area contributed by atoms with E-state index in [1.165, 1.54) is 29.3 Å². The molecule has 3 nitrogen and oxygen atoms in total. The first-order valence-electron chi connectivity index (χ1n) is 4.96. The van der Waals surface area contributed by atoms with E-state index in [0.29, 0.717) is 11.1 Å². The minimum atomic E-state index is -1.25. The summed E-state index contributed by atoms with van der Waals surface area (Å²) >= 11 is 0. The minimum absolute atomic E-state index is 0.202. The molecule has 0 saturated heterocycles. The van der Waals surface area contributed by atoms with E-state index in [0.717, 1.165) is 0 Å². The molecule has 0 amide bonds. The quantitative estimate of drug-likeness (QED) is 0.461. The summed E-state index contributed by atoms with van der Waals surface area (Å²) in [4.78, 5) is 0. The molecule has 0 aliphatic heterocycles. The molecule has 16 heavy (non-hydrogen) atoms. The Morgan fingerprint density at radius 1 is 1.50 bits per heavy atom. The SMILES string of the molecule is C=C(C)C(O)(CN(C)N)c1ccc(F)cc1. The van der Waals surface area contributed by atoms with Gasteiger partial charge in [-0.2, -0.15) is 0 Å². The van der Waals surface area contributed by atoms with Crippen LogP contribution in [0.4, 0.5) is 4.39 Å². The number of nitrogens with two attached hydrogens (primary N) is 1. The lowest BCUT2D eigenvalue weighted by molar-refractivity contribution is 0.0405. The molecule has 3 N–H and O–H groups in total. The van der Waals surface area contributed by atoms with Crippen molar-refractivity contribution in [2.24, 2.45) is 5.84 Å². The maximum atomic E-state index is 12.8. The molecule has 4 heteroatoms. The van der Waals surface area contributed by atoms with Crippen LogP contribution in [0.1, 0.15) is 12.5 Å². The summed E-state index contributed by atoms with van der Waals surface area (Å²) in [6.07, 6.45) is 0. The molecule has 88 valence electrons. The van der Waals surface area contributed by atoms with Crippen molar-refractivity contribution in [3.63, 3.8) is 0 Å². The third-order valence-electron chi connectivity index (χ3n) is 2.51. The number of halogens is 1. The summed E-state index contributed by atoms with van der Waals surface area (Å²) < 4.78 is 12.8. The second kappa shape index (κ2) is 4.74. The highest BCUT2D eigenvalue weighted by atomic mass is 19.1. The Balaban J connectivity index is 3.11. The lowest BCUT2D eigenvalue weighted by Gasteiger charge is -2.31. The molecule has 0 aliphatic carbocycles. The molecule has 1 unspecified atom stereocenters. The number of hydrazine groups is 1. The Morgan fingerprint density at radius 3 is 2.38 bits per heavy atom. The lowest BCUT2D eigenvalue weighted by Crippen LogP contribution is -2.43. The second-order valence-electron chi connectivity index (χ2n) is 4.06. The fourth-order valence-electron chi connectivity index (χ4n) is 1.56. The van der Waals surface area contributed by atoms with Crippen LogP contribution in [-0.2, 0) is 5.60 Å². The number of aliphatic hydroxyl groups is 1. The Hall–Kier alpha value is -1.23. The zero-order chi connectivity index (χ0) is 12.3. The monoisotopic (exact) mass is 224 g/mol. The predicted molar refractivity (Wildman–Crippen MR) is 61.9 cm³/mol. The zero-order valence-corrected chi connectivity index (χ0v) is 9.57. The van der Waals surface area contributed by atoms with Gasteiger partial charge < -0.3 is 5.11 Å². The van der Waals surface area contributed by atoms with Crippen LogP contribution in [-0.4, -0.2) is 23.7 Å². The van der Waals surface area contributed by atoms with Crippen LogP contribution in [0.5, 0.6) is 0 Å². The number of hydrogen-bond donors (Lipinski definition) is 2. The molecule has 1 atom stereocenters.